The van der Waals surface area contributed by atoms with Gasteiger partial charge in [0.25, 0.3) is 6.01 Å². The number of aromatic nitrogens is 3. The number of carbonyl (C=O) groups excluding carboxylic acids is 1. The van der Waals surface area contributed by atoms with Crippen molar-refractivity contribution in [2.45, 2.75) is 25.8 Å². The molecule has 4 heterocycles. The number of pyridine rings is 1. The Balaban J connectivity index is 1.17. The Kier molecular flexibility index (Phi) is 5.19. The molecular formula is C23H25N5O3. The quantitative estimate of drug-likeness (QED) is 0.495. The normalized spacial score (nSPS) is 16.7. The third-order valence-electron chi connectivity index (χ3n) is 5.78. The van der Waals surface area contributed by atoms with Gasteiger partial charge in [0, 0.05) is 42.3 Å². The number of rotatable bonds is 6. The van der Waals surface area contributed by atoms with Gasteiger partial charge in [-0.1, -0.05) is 0 Å². The van der Waals surface area contributed by atoms with Crippen molar-refractivity contribution in [1.29, 1.82) is 0 Å². The number of nitrogens with zero attached hydrogens (tertiary/aromatic N) is 3. The molecule has 8 nitrogen and oxygen atoms in total. The van der Waals surface area contributed by atoms with Gasteiger partial charge in [0.1, 0.15) is 5.75 Å². The van der Waals surface area contributed by atoms with Crippen LogP contribution in [0.25, 0.3) is 22.1 Å². The fourth-order valence-electron chi connectivity index (χ4n) is 4.22. The topological polar surface area (TPSA) is 96.3 Å². The number of oxazole rings is 1. The van der Waals surface area contributed by atoms with Crippen LogP contribution in [0.5, 0.6) is 5.75 Å². The van der Waals surface area contributed by atoms with E-state index in [0.29, 0.717) is 30.2 Å². The zero-order chi connectivity index (χ0) is 21.2. The molecule has 0 aliphatic carbocycles. The molecule has 1 amide bonds. The summed E-state index contributed by atoms with van der Waals surface area (Å²) in [6.45, 7) is 2.11. The summed E-state index contributed by atoms with van der Waals surface area (Å²) in [7, 11) is 1.66. The molecule has 1 atom stereocenters. The Morgan fingerprint density at radius 3 is 3.16 bits per heavy atom. The molecule has 1 aliphatic rings. The highest BCUT2D eigenvalue weighted by Crippen LogP contribution is 2.27. The fraction of sp³-hybridized carbons (Fsp3) is 0.348. The Labute approximate surface area is 179 Å². The van der Waals surface area contributed by atoms with E-state index in [1.807, 2.05) is 36.4 Å². The molecular weight excluding hydrogens is 394 g/mol. The lowest BCUT2D eigenvalue weighted by Gasteiger charge is -2.31. The molecule has 31 heavy (non-hydrogen) atoms. The first kappa shape index (κ1) is 19.4. The summed E-state index contributed by atoms with van der Waals surface area (Å²) >= 11 is 0. The number of carbonyl (C=O) groups is 1. The second-order valence-electron chi connectivity index (χ2n) is 8.00. The van der Waals surface area contributed by atoms with E-state index in [0.717, 1.165) is 48.3 Å². The van der Waals surface area contributed by atoms with Gasteiger partial charge in [0.2, 0.25) is 11.6 Å². The van der Waals surface area contributed by atoms with Crippen molar-refractivity contribution in [3.05, 3.63) is 48.3 Å². The summed E-state index contributed by atoms with van der Waals surface area (Å²) in [4.78, 5) is 26.8. The molecule has 2 N–H and O–H groups in total. The number of fused-ring (bicyclic) bond motifs is 2. The van der Waals surface area contributed by atoms with Gasteiger partial charge in [-0.15, -0.1) is 0 Å². The van der Waals surface area contributed by atoms with Crippen molar-refractivity contribution < 1.29 is 13.9 Å². The number of piperidine rings is 1. The van der Waals surface area contributed by atoms with Crippen LogP contribution < -0.4 is 15.0 Å². The molecule has 160 valence electrons. The maximum absolute atomic E-state index is 12.6. The van der Waals surface area contributed by atoms with E-state index in [1.54, 1.807) is 13.3 Å². The van der Waals surface area contributed by atoms with Crippen LogP contribution in [-0.4, -0.2) is 41.1 Å². The average molecular weight is 419 g/mol. The maximum Gasteiger partial charge on any atom is 0.299 e. The zero-order valence-corrected chi connectivity index (χ0v) is 17.4. The van der Waals surface area contributed by atoms with Gasteiger partial charge < -0.3 is 24.4 Å². The van der Waals surface area contributed by atoms with E-state index >= 15 is 0 Å². The molecule has 3 aromatic heterocycles. The number of methoxy groups -OCH3 is 1. The van der Waals surface area contributed by atoms with E-state index in [-0.39, 0.29) is 11.8 Å². The number of H-pyrrole nitrogens is 1. The molecule has 1 aliphatic heterocycles. The lowest BCUT2D eigenvalue weighted by Crippen LogP contribution is -2.38. The Hall–Kier alpha value is -3.55. The molecule has 0 saturated carbocycles. The van der Waals surface area contributed by atoms with E-state index in [4.69, 9.17) is 9.15 Å². The van der Waals surface area contributed by atoms with Gasteiger partial charge in [0.05, 0.1) is 13.7 Å². The summed E-state index contributed by atoms with van der Waals surface area (Å²) in [5.74, 6) is 1.14. The standard InChI is InChI=1S/C23H25N5O3/c1-30-18-6-7-19-16(12-18)11-17(26-19)13-25-21(29)10-15-4-3-9-28(14-15)23-27-22-20(31-23)5-2-8-24-22/h2,5-8,11-12,15,26H,3-4,9-10,13-14H2,1H3,(H,25,29). The van der Waals surface area contributed by atoms with Crippen LogP contribution in [-0.2, 0) is 11.3 Å². The molecule has 5 rings (SSSR count). The third-order valence-corrected chi connectivity index (χ3v) is 5.78. The number of hydrogen-bond acceptors (Lipinski definition) is 6. The summed E-state index contributed by atoms with van der Waals surface area (Å²) in [6, 6.07) is 12.2. The number of nitrogens with one attached hydrogen (secondary N) is 2. The fourth-order valence-corrected chi connectivity index (χ4v) is 4.22. The largest absolute Gasteiger partial charge is 0.497 e. The molecule has 8 heteroatoms. The Morgan fingerprint density at radius 1 is 1.35 bits per heavy atom. The highest BCUT2D eigenvalue weighted by atomic mass is 16.5. The summed E-state index contributed by atoms with van der Waals surface area (Å²) in [6.07, 6.45) is 4.23. The third kappa shape index (κ3) is 4.19. The number of hydrogen-bond donors (Lipinski definition) is 2. The van der Waals surface area contributed by atoms with Crippen LogP contribution in [0.4, 0.5) is 6.01 Å². The van der Waals surface area contributed by atoms with E-state index in [1.165, 1.54) is 0 Å². The molecule has 1 saturated heterocycles. The number of amides is 1. The maximum atomic E-state index is 12.6. The lowest BCUT2D eigenvalue weighted by molar-refractivity contribution is -0.122. The van der Waals surface area contributed by atoms with Gasteiger partial charge in [-0.2, -0.15) is 4.98 Å². The first-order valence-electron chi connectivity index (χ1n) is 10.6. The monoisotopic (exact) mass is 419 g/mol. The SMILES string of the molecule is COc1ccc2[nH]c(CNC(=O)CC3CCCN(c4nc5ncccc5o4)C3)cc2c1. The minimum absolute atomic E-state index is 0.0577. The zero-order valence-electron chi connectivity index (χ0n) is 17.4. The second-order valence-corrected chi connectivity index (χ2v) is 8.00. The molecule has 1 fully saturated rings. The van der Waals surface area contributed by atoms with Crippen molar-refractivity contribution in [2.24, 2.45) is 5.92 Å². The van der Waals surface area contributed by atoms with Crippen molar-refractivity contribution in [2.75, 3.05) is 25.1 Å². The Morgan fingerprint density at radius 2 is 2.29 bits per heavy atom. The molecule has 1 unspecified atom stereocenters. The minimum Gasteiger partial charge on any atom is -0.497 e. The van der Waals surface area contributed by atoms with E-state index < -0.39 is 0 Å². The van der Waals surface area contributed by atoms with Gasteiger partial charge in [-0.25, -0.2) is 4.98 Å². The summed E-state index contributed by atoms with van der Waals surface area (Å²) in [5.41, 5.74) is 3.31. The number of aromatic amines is 1. The van der Waals surface area contributed by atoms with Crippen molar-refractivity contribution in [1.82, 2.24) is 20.3 Å². The van der Waals surface area contributed by atoms with Crippen LogP contribution in [0, 0.1) is 5.92 Å². The van der Waals surface area contributed by atoms with Crippen LogP contribution in [0.3, 0.4) is 0 Å². The van der Waals surface area contributed by atoms with Crippen molar-refractivity contribution in [3.8, 4) is 5.75 Å². The smallest absolute Gasteiger partial charge is 0.299 e. The number of benzene rings is 1. The summed E-state index contributed by atoms with van der Waals surface area (Å²) in [5, 5.41) is 4.11. The minimum atomic E-state index is 0.0577. The number of anilines is 1. The summed E-state index contributed by atoms with van der Waals surface area (Å²) < 4.78 is 11.1. The van der Waals surface area contributed by atoms with Gasteiger partial charge in [-0.3, -0.25) is 4.79 Å². The average Bonchev–Trinajstić information content (AvgIpc) is 3.41. The second kappa shape index (κ2) is 8.29. The van der Waals surface area contributed by atoms with E-state index in [9.17, 15) is 4.79 Å². The first-order chi connectivity index (χ1) is 15.2. The first-order valence-corrected chi connectivity index (χ1v) is 10.6. The van der Waals surface area contributed by atoms with E-state index in [2.05, 4.69) is 25.2 Å². The predicted octanol–water partition coefficient (Wildman–Crippen LogP) is 3.64. The lowest BCUT2D eigenvalue weighted by atomic mass is 9.94. The van der Waals surface area contributed by atoms with Crippen LogP contribution in [0.1, 0.15) is 25.0 Å². The van der Waals surface area contributed by atoms with Crippen molar-refractivity contribution in [3.63, 3.8) is 0 Å². The molecule has 1 aromatic carbocycles. The van der Waals surface area contributed by atoms with Gasteiger partial charge in [-0.05, 0) is 55.2 Å². The Bertz CT molecular complexity index is 1180. The molecule has 0 radical (unpaired) electrons. The van der Waals surface area contributed by atoms with Crippen LogP contribution in [0.15, 0.2) is 47.0 Å². The van der Waals surface area contributed by atoms with Gasteiger partial charge >= 0.3 is 0 Å². The molecule has 0 bridgehead atoms. The number of ether oxygens (including phenoxy) is 1. The highest BCUT2D eigenvalue weighted by Gasteiger charge is 2.25. The molecule has 0 spiro atoms. The van der Waals surface area contributed by atoms with Gasteiger partial charge in [0.15, 0.2) is 5.58 Å². The predicted molar refractivity (Wildman–Crippen MR) is 118 cm³/mol. The van der Waals surface area contributed by atoms with Crippen molar-refractivity contribution >= 4 is 34.1 Å². The highest BCUT2D eigenvalue weighted by molar-refractivity contribution is 5.82. The molecule has 4 aromatic rings. The van der Waals surface area contributed by atoms with Crippen LogP contribution in [0.2, 0.25) is 0 Å². The van der Waals surface area contributed by atoms with Crippen LogP contribution >= 0.6 is 0 Å².